The van der Waals surface area contributed by atoms with Gasteiger partial charge in [0.05, 0.1) is 12.2 Å². The first-order chi connectivity index (χ1) is 10.0. The van der Waals surface area contributed by atoms with Crippen LogP contribution in [0.1, 0.15) is 13.8 Å². The molecule has 132 valence electrons. The minimum atomic E-state index is -1.65. The second kappa shape index (κ2) is 11.6. The van der Waals surface area contributed by atoms with Crippen LogP contribution in [0, 0.1) is 0 Å². The molecule has 0 amide bonds. The molecule has 0 saturated carbocycles. The van der Waals surface area contributed by atoms with Gasteiger partial charge in [-0.15, -0.1) is 0 Å². The fourth-order valence-electron chi connectivity index (χ4n) is 1.14. The molecule has 0 saturated heterocycles. The number of rotatable bonds is 8. The highest BCUT2D eigenvalue weighted by atomic mass is 16.4. The Bertz CT molecular complexity index is 278. The van der Waals surface area contributed by atoms with Gasteiger partial charge in [0.2, 0.25) is 0 Å². The minimum absolute atomic E-state index is 0.0935. The molecule has 10 heteroatoms. The Balaban J connectivity index is 0. The number of hydrogen-bond acceptors (Lipinski definition) is 10. The van der Waals surface area contributed by atoms with Gasteiger partial charge in [0.25, 0.3) is 0 Å². The number of carbonyl (C=O) groups is 2. The smallest absolute Gasteiger partial charge is 0.151 e. The van der Waals surface area contributed by atoms with E-state index in [0.29, 0.717) is 0 Å². The van der Waals surface area contributed by atoms with Crippen molar-refractivity contribution in [1.82, 2.24) is 0 Å². The molecule has 10 nitrogen and oxygen atoms in total. The molecule has 0 radical (unpaired) electrons. The van der Waals surface area contributed by atoms with Gasteiger partial charge >= 0.3 is 0 Å². The molecule has 22 heavy (non-hydrogen) atoms. The summed E-state index contributed by atoms with van der Waals surface area (Å²) >= 11 is 0. The van der Waals surface area contributed by atoms with Gasteiger partial charge in [0, 0.05) is 0 Å². The van der Waals surface area contributed by atoms with E-state index in [-0.39, 0.29) is 12.6 Å². The Kier molecular flexibility index (Phi) is 12.2. The standard InChI is InChI=1S/2C6H12O5/c2*1-3(8)5(10)6(11)4(9)2-7/h2*2-6,8-11H,1H3. The molecule has 0 rings (SSSR count). The number of hydrogen-bond donors (Lipinski definition) is 8. The highest BCUT2D eigenvalue weighted by Gasteiger charge is 2.28. The molecule has 0 aliphatic heterocycles. The van der Waals surface area contributed by atoms with E-state index in [0.717, 1.165) is 0 Å². The van der Waals surface area contributed by atoms with Gasteiger partial charge in [0.15, 0.2) is 12.6 Å². The molecule has 0 aromatic rings. The fraction of sp³-hybridized carbons (Fsp3) is 0.833. The number of aldehydes is 2. The Morgan fingerprint density at radius 3 is 0.909 bits per heavy atom. The van der Waals surface area contributed by atoms with Gasteiger partial charge in [-0.1, -0.05) is 0 Å². The molecule has 0 spiro atoms. The van der Waals surface area contributed by atoms with E-state index in [2.05, 4.69) is 0 Å². The van der Waals surface area contributed by atoms with Crippen LogP contribution < -0.4 is 0 Å². The molecule has 0 aromatic carbocycles. The monoisotopic (exact) mass is 328 g/mol. The summed E-state index contributed by atoms with van der Waals surface area (Å²) in [6.45, 7) is 2.48. The highest BCUT2D eigenvalue weighted by molar-refractivity contribution is 5.57. The summed E-state index contributed by atoms with van der Waals surface area (Å²) in [6.07, 6.45) is -11.8. The summed E-state index contributed by atoms with van der Waals surface area (Å²) in [5, 5.41) is 70.2. The zero-order valence-corrected chi connectivity index (χ0v) is 12.2. The van der Waals surface area contributed by atoms with Gasteiger partial charge in [-0.05, 0) is 13.8 Å². The summed E-state index contributed by atoms with van der Waals surface area (Å²) in [4.78, 5) is 19.7. The van der Waals surface area contributed by atoms with Crippen LogP contribution in [0.15, 0.2) is 0 Å². The van der Waals surface area contributed by atoms with Gasteiger partial charge in [-0.3, -0.25) is 0 Å². The lowest BCUT2D eigenvalue weighted by Crippen LogP contribution is -2.43. The molecule has 0 aliphatic carbocycles. The Morgan fingerprint density at radius 2 is 0.773 bits per heavy atom. The van der Waals surface area contributed by atoms with Crippen LogP contribution in [-0.4, -0.2) is 102 Å². The summed E-state index contributed by atoms with van der Waals surface area (Å²) in [5.41, 5.74) is 0. The van der Waals surface area contributed by atoms with Crippen LogP contribution in [0.3, 0.4) is 0 Å². The zero-order chi connectivity index (χ0) is 18.0. The summed E-state index contributed by atoms with van der Waals surface area (Å²) in [5.74, 6) is 0. The van der Waals surface area contributed by atoms with Gasteiger partial charge in [-0.25, -0.2) is 0 Å². The molecule has 0 heterocycles. The maximum atomic E-state index is 9.87. The van der Waals surface area contributed by atoms with Gasteiger partial charge in [-0.2, -0.15) is 0 Å². The molecule has 0 bridgehead atoms. The van der Waals surface area contributed by atoms with E-state index < -0.39 is 48.8 Å². The molecular formula is C12H24O10. The van der Waals surface area contributed by atoms with E-state index in [9.17, 15) is 9.59 Å². The summed E-state index contributed by atoms with van der Waals surface area (Å²) < 4.78 is 0. The topological polar surface area (TPSA) is 196 Å². The number of carbonyl (C=O) groups excluding carboxylic acids is 2. The Labute approximate surface area is 126 Å². The van der Waals surface area contributed by atoms with Crippen LogP contribution in [0.5, 0.6) is 0 Å². The summed E-state index contributed by atoms with van der Waals surface area (Å²) in [7, 11) is 0. The average molecular weight is 328 g/mol. The first kappa shape index (κ1) is 23.3. The van der Waals surface area contributed by atoms with E-state index in [1.165, 1.54) is 13.8 Å². The first-order valence-electron chi connectivity index (χ1n) is 6.36. The highest BCUT2D eigenvalue weighted by Crippen LogP contribution is 2.03. The molecule has 0 aromatic heterocycles. The van der Waals surface area contributed by atoms with Crippen molar-refractivity contribution < 1.29 is 50.4 Å². The van der Waals surface area contributed by atoms with Crippen LogP contribution in [0.4, 0.5) is 0 Å². The van der Waals surface area contributed by atoms with E-state index in [1.807, 2.05) is 0 Å². The van der Waals surface area contributed by atoms with Crippen molar-refractivity contribution in [2.24, 2.45) is 0 Å². The van der Waals surface area contributed by atoms with Crippen molar-refractivity contribution in [3.8, 4) is 0 Å². The SMILES string of the molecule is CC(O)C(O)C(O)C(O)C=O.CC(O)C(O)C(O)C(O)C=O. The van der Waals surface area contributed by atoms with Crippen molar-refractivity contribution in [2.75, 3.05) is 0 Å². The zero-order valence-electron chi connectivity index (χ0n) is 12.2. The molecule has 0 fully saturated rings. The second-order valence-electron chi connectivity index (χ2n) is 4.70. The third kappa shape index (κ3) is 8.46. The van der Waals surface area contributed by atoms with Crippen LogP contribution in [-0.2, 0) is 9.59 Å². The van der Waals surface area contributed by atoms with E-state index in [4.69, 9.17) is 40.9 Å². The number of aliphatic hydroxyl groups excluding tert-OH is 8. The van der Waals surface area contributed by atoms with Crippen molar-refractivity contribution in [3.63, 3.8) is 0 Å². The third-order valence-electron chi connectivity index (χ3n) is 2.67. The van der Waals surface area contributed by atoms with E-state index >= 15 is 0 Å². The largest absolute Gasteiger partial charge is 0.391 e. The van der Waals surface area contributed by atoms with Crippen molar-refractivity contribution in [3.05, 3.63) is 0 Å². The average Bonchev–Trinajstić information content (AvgIpc) is 2.50. The van der Waals surface area contributed by atoms with Crippen LogP contribution in [0.25, 0.3) is 0 Å². The summed E-state index contributed by atoms with van der Waals surface area (Å²) in [6, 6.07) is 0. The molecule has 0 aliphatic rings. The molecule has 8 atom stereocenters. The minimum Gasteiger partial charge on any atom is -0.391 e. The maximum absolute atomic E-state index is 9.87. The first-order valence-corrected chi connectivity index (χ1v) is 6.36. The predicted octanol–water partition coefficient (Wildman–Crippen LogP) is -4.70. The lowest BCUT2D eigenvalue weighted by molar-refractivity contribution is -0.132. The quantitative estimate of drug-likeness (QED) is 0.200. The van der Waals surface area contributed by atoms with Crippen molar-refractivity contribution >= 4 is 12.6 Å². The van der Waals surface area contributed by atoms with Gasteiger partial charge in [0.1, 0.15) is 36.6 Å². The predicted molar refractivity (Wildman–Crippen MR) is 71.5 cm³/mol. The van der Waals surface area contributed by atoms with Gasteiger partial charge < -0.3 is 50.4 Å². The van der Waals surface area contributed by atoms with Crippen LogP contribution in [0.2, 0.25) is 0 Å². The third-order valence-corrected chi connectivity index (χ3v) is 2.67. The Morgan fingerprint density at radius 1 is 0.545 bits per heavy atom. The maximum Gasteiger partial charge on any atom is 0.151 e. The molecule has 8 unspecified atom stereocenters. The normalized spacial score (nSPS) is 21.9. The molecular weight excluding hydrogens is 304 g/mol. The van der Waals surface area contributed by atoms with Crippen molar-refractivity contribution in [1.29, 1.82) is 0 Å². The molecule has 8 N–H and O–H groups in total. The number of aliphatic hydroxyl groups is 8. The van der Waals surface area contributed by atoms with Crippen LogP contribution >= 0.6 is 0 Å². The Hall–Kier alpha value is -0.980. The lowest BCUT2D eigenvalue weighted by Gasteiger charge is -2.21. The van der Waals surface area contributed by atoms with E-state index in [1.54, 1.807) is 0 Å². The second-order valence-corrected chi connectivity index (χ2v) is 4.70. The van der Waals surface area contributed by atoms with Crippen molar-refractivity contribution in [2.45, 2.75) is 62.7 Å². The fourth-order valence-corrected chi connectivity index (χ4v) is 1.14. The lowest BCUT2D eigenvalue weighted by atomic mass is 10.1.